The monoisotopic (exact) mass is 555 g/mol. The third-order valence-electron chi connectivity index (χ3n) is 4.97. The minimum atomic E-state index is -0.355. The number of esters is 1. The molecule has 34 heavy (non-hydrogen) atoms. The molecule has 2 aromatic heterocycles. The topological polar surface area (TPSA) is 81.2 Å². The van der Waals surface area contributed by atoms with Crippen LogP contribution in [0.1, 0.15) is 30.1 Å². The molecule has 0 aliphatic heterocycles. The highest BCUT2D eigenvalue weighted by Gasteiger charge is 2.15. The fraction of sp³-hybridized carbons (Fsp3) is 0.200. The van der Waals surface area contributed by atoms with Crippen molar-refractivity contribution < 1.29 is 14.3 Å². The van der Waals surface area contributed by atoms with E-state index in [0.717, 1.165) is 43.7 Å². The average molecular weight is 557 g/mol. The summed E-state index contributed by atoms with van der Waals surface area (Å²) in [6, 6.07) is 14.8. The van der Waals surface area contributed by atoms with E-state index in [1.165, 1.54) is 18.1 Å². The van der Waals surface area contributed by atoms with Gasteiger partial charge in [-0.15, -0.1) is 11.3 Å². The quantitative estimate of drug-likeness (QED) is 0.106. The van der Waals surface area contributed by atoms with E-state index in [1.807, 2.05) is 31.2 Å². The van der Waals surface area contributed by atoms with E-state index in [-0.39, 0.29) is 17.6 Å². The van der Waals surface area contributed by atoms with Crippen LogP contribution in [-0.4, -0.2) is 34.2 Å². The molecule has 4 rings (SSSR count). The second kappa shape index (κ2) is 11.6. The summed E-state index contributed by atoms with van der Waals surface area (Å²) in [5, 5.41) is 6.66. The Bertz CT molecular complexity index is 1290. The van der Waals surface area contributed by atoms with Crippen LogP contribution in [-0.2, 0) is 9.53 Å². The molecule has 0 atom stereocenters. The predicted octanol–water partition coefficient (Wildman–Crippen LogP) is 6.81. The molecule has 6 nitrogen and oxygen atoms in total. The van der Waals surface area contributed by atoms with Crippen molar-refractivity contribution in [2.45, 2.75) is 24.8 Å². The van der Waals surface area contributed by atoms with E-state index in [0.29, 0.717) is 17.9 Å². The number of ether oxygens (including phenoxy) is 1. The normalized spacial score (nSPS) is 10.9. The van der Waals surface area contributed by atoms with E-state index in [9.17, 15) is 9.59 Å². The first kappa shape index (κ1) is 24.4. The van der Waals surface area contributed by atoms with Crippen molar-refractivity contribution >= 4 is 66.8 Å². The minimum absolute atomic E-state index is 0.157. The Morgan fingerprint density at radius 2 is 1.85 bits per heavy atom. The van der Waals surface area contributed by atoms with Gasteiger partial charge in [0, 0.05) is 21.1 Å². The van der Waals surface area contributed by atoms with Gasteiger partial charge in [0.25, 0.3) is 0 Å². The number of unbranched alkanes of at least 4 members (excludes halogenated alkanes) is 1. The summed E-state index contributed by atoms with van der Waals surface area (Å²) in [6.07, 6.45) is 3.34. The Hall–Kier alpha value is -2.75. The molecule has 0 unspecified atom stereocenters. The highest BCUT2D eigenvalue weighted by molar-refractivity contribution is 9.10. The number of anilines is 1. The van der Waals surface area contributed by atoms with Crippen molar-refractivity contribution in [1.29, 1.82) is 0 Å². The fourth-order valence-corrected chi connectivity index (χ4v) is 5.27. The third-order valence-corrected chi connectivity index (χ3v) is 7.37. The SMILES string of the molecule is CCCCOC(=O)c1ccc(NC(=O)CSc2ncnc3scc(-c4ccc(Br)cc4)c23)cc1. The van der Waals surface area contributed by atoms with Gasteiger partial charge in [-0.2, -0.15) is 0 Å². The Labute approximate surface area is 214 Å². The van der Waals surface area contributed by atoms with E-state index in [4.69, 9.17) is 4.74 Å². The summed E-state index contributed by atoms with van der Waals surface area (Å²) in [6.45, 7) is 2.45. The zero-order chi connectivity index (χ0) is 23.9. The summed E-state index contributed by atoms with van der Waals surface area (Å²) in [5.74, 6) is -0.315. The number of nitrogens with one attached hydrogen (secondary N) is 1. The summed E-state index contributed by atoms with van der Waals surface area (Å²) in [4.78, 5) is 34.3. The van der Waals surface area contributed by atoms with Crippen LogP contribution in [0.3, 0.4) is 0 Å². The zero-order valence-corrected chi connectivity index (χ0v) is 21.6. The van der Waals surface area contributed by atoms with Crippen LogP contribution in [0.2, 0.25) is 0 Å². The molecule has 0 saturated heterocycles. The van der Waals surface area contributed by atoms with Crippen molar-refractivity contribution in [1.82, 2.24) is 9.97 Å². The second-order valence-corrected chi connectivity index (χ2v) is 10.2. The molecule has 2 aromatic carbocycles. The lowest BCUT2D eigenvalue weighted by molar-refractivity contribution is -0.113. The van der Waals surface area contributed by atoms with Gasteiger partial charge < -0.3 is 10.1 Å². The van der Waals surface area contributed by atoms with Gasteiger partial charge in [-0.3, -0.25) is 4.79 Å². The van der Waals surface area contributed by atoms with Crippen LogP contribution in [0, 0.1) is 0 Å². The maximum absolute atomic E-state index is 12.6. The van der Waals surface area contributed by atoms with Crippen LogP contribution in [0.5, 0.6) is 0 Å². The first-order chi connectivity index (χ1) is 16.5. The lowest BCUT2D eigenvalue weighted by Crippen LogP contribution is -2.14. The number of hydrogen-bond donors (Lipinski definition) is 1. The third kappa shape index (κ3) is 6.02. The predicted molar refractivity (Wildman–Crippen MR) is 142 cm³/mol. The molecular weight excluding hydrogens is 534 g/mol. The number of halogens is 1. The van der Waals surface area contributed by atoms with Crippen LogP contribution in [0.15, 0.2) is 69.7 Å². The van der Waals surface area contributed by atoms with E-state index in [1.54, 1.807) is 35.6 Å². The van der Waals surface area contributed by atoms with Gasteiger partial charge in [0.05, 0.1) is 23.3 Å². The zero-order valence-electron chi connectivity index (χ0n) is 18.4. The Morgan fingerprint density at radius 1 is 1.09 bits per heavy atom. The number of aromatic nitrogens is 2. The molecule has 174 valence electrons. The maximum Gasteiger partial charge on any atom is 0.338 e. The highest BCUT2D eigenvalue weighted by Crippen LogP contribution is 2.38. The molecule has 2 heterocycles. The molecule has 9 heteroatoms. The van der Waals surface area contributed by atoms with E-state index < -0.39 is 0 Å². The molecular formula is C25H22BrN3O3S2. The number of rotatable bonds is 9. The van der Waals surface area contributed by atoms with Gasteiger partial charge >= 0.3 is 5.97 Å². The summed E-state index contributed by atoms with van der Waals surface area (Å²) in [5.41, 5.74) is 3.21. The number of thiophene rings is 1. The van der Waals surface area contributed by atoms with Gasteiger partial charge in [-0.1, -0.05) is 53.2 Å². The summed E-state index contributed by atoms with van der Waals surface area (Å²) < 4.78 is 6.22. The van der Waals surface area contributed by atoms with Crippen molar-refractivity contribution in [2.75, 3.05) is 17.7 Å². The van der Waals surface area contributed by atoms with Crippen molar-refractivity contribution in [2.24, 2.45) is 0 Å². The van der Waals surface area contributed by atoms with Crippen molar-refractivity contribution in [3.8, 4) is 11.1 Å². The second-order valence-electron chi connectivity index (χ2n) is 7.42. The minimum Gasteiger partial charge on any atom is -0.462 e. The molecule has 0 bridgehead atoms. The van der Waals surface area contributed by atoms with Crippen LogP contribution >= 0.6 is 39.0 Å². The molecule has 0 radical (unpaired) electrons. The fourth-order valence-electron chi connectivity index (χ4n) is 3.21. The number of carbonyl (C=O) groups is 2. The standard InChI is InChI=1S/C25H22BrN3O3S2/c1-2-3-12-32-25(31)17-6-10-19(11-7-17)29-21(30)14-34-24-22-20(13-33-23(22)27-15-28-24)16-4-8-18(26)9-5-16/h4-11,13,15H,2-3,12,14H2,1H3,(H,29,30). The van der Waals surface area contributed by atoms with Crippen LogP contribution in [0.4, 0.5) is 5.69 Å². The van der Waals surface area contributed by atoms with Crippen molar-refractivity contribution in [3.05, 3.63) is 70.3 Å². The molecule has 1 amide bonds. The Morgan fingerprint density at radius 3 is 2.59 bits per heavy atom. The van der Waals surface area contributed by atoms with Gasteiger partial charge in [0.15, 0.2) is 0 Å². The number of thioether (sulfide) groups is 1. The number of amides is 1. The largest absolute Gasteiger partial charge is 0.462 e. The van der Waals surface area contributed by atoms with Crippen molar-refractivity contribution in [3.63, 3.8) is 0 Å². The molecule has 4 aromatic rings. The highest BCUT2D eigenvalue weighted by atomic mass is 79.9. The lowest BCUT2D eigenvalue weighted by atomic mass is 10.1. The first-order valence-electron chi connectivity index (χ1n) is 10.7. The summed E-state index contributed by atoms with van der Waals surface area (Å²) in [7, 11) is 0. The number of carbonyl (C=O) groups excluding carboxylic acids is 2. The van der Waals surface area contributed by atoms with Gasteiger partial charge in [0.2, 0.25) is 5.91 Å². The number of fused-ring (bicyclic) bond motifs is 1. The van der Waals surface area contributed by atoms with E-state index >= 15 is 0 Å². The van der Waals surface area contributed by atoms with Gasteiger partial charge in [-0.25, -0.2) is 14.8 Å². The molecule has 0 aliphatic carbocycles. The lowest BCUT2D eigenvalue weighted by Gasteiger charge is -2.08. The molecule has 0 fully saturated rings. The molecule has 0 spiro atoms. The number of nitrogens with zero attached hydrogens (tertiary/aromatic N) is 2. The van der Waals surface area contributed by atoms with Crippen LogP contribution in [0.25, 0.3) is 21.3 Å². The number of hydrogen-bond acceptors (Lipinski definition) is 7. The molecule has 0 saturated carbocycles. The first-order valence-corrected chi connectivity index (χ1v) is 13.4. The van der Waals surface area contributed by atoms with Gasteiger partial charge in [-0.05, 0) is 48.4 Å². The number of benzene rings is 2. The van der Waals surface area contributed by atoms with E-state index in [2.05, 4.69) is 36.6 Å². The Balaban J connectivity index is 1.40. The van der Waals surface area contributed by atoms with Gasteiger partial charge in [0.1, 0.15) is 16.2 Å². The molecule has 0 aliphatic rings. The average Bonchev–Trinajstić information content (AvgIpc) is 3.29. The summed E-state index contributed by atoms with van der Waals surface area (Å²) >= 11 is 6.40. The molecule has 1 N–H and O–H groups in total. The Kier molecular flexibility index (Phi) is 8.31. The smallest absolute Gasteiger partial charge is 0.338 e. The van der Waals surface area contributed by atoms with Crippen LogP contribution < -0.4 is 5.32 Å². The maximum atomic E-state index is 12.6.